The minimum Gasteiger partial charge on any atom is -0.380 e. The van der Waals surface area contributed by atoms with Crippen LogP contribution in [0, 0.1) is 11.6 Å². The van der Waals surface area contributed by atoms with E-state index < -0.39 is 17.7 Å². The average molecular weight is 359 g/mol. The fraction of sp³-hybridized carbons (Fsp3) is 0.333. The Morgan fingerprint density at radius 1 is 1.15 bits per heavy atom. The van der Waals surface area contributed by atoms with E-state index in [1.165, 1.54) is 6.07 Å². The van der Waals surface area contributed by atoms with Crippen molar-refractivity contribution >= 4 is 0 Å². The van der Waals surface area contributed by atoms with E-state index in [-0.39, 0.29) is 0 Å². The van der Waals surface area contributed by atoms with Gasteiger partial charge >= 0.3 is 0 Å². The molecule has 1 aliphatic rings. The van der Waals surface area contributed by atoms with Crippen LogP contribution < -0.4 is 0 Å². The van der Waals surface area contributed by atoms with E-state index in [1.54, 1.807) is 30.1 Å². The van der Waals surface area contributed by atoms with Crippen LogP contribution in [0.1, 0.15) is 28.7 Å². The number of halogens is 2. The van der Waals surface area contributed by atoms with Crippen LogP contribution in [0.2, 0.25) is 0 Å². The summed E-state index contributed by atoms with van der Waals surface area (Å²) in [5, 5.41) is 19.1. The smallest absolute Gasteiger partial charge is 0.159 e. The molecule has 1 aliphatic heterocycles. The summed E-state index contributed by atoms with van der Waals surface area (Å²) in [4.78, 5) is 2.14. The van der Waals surface area contributed by atoms with Gasteiger partial charge in [0, 0.05) is 32.9 Å². The molecule has 26 heavy (non-hydrogen) atoms. The van der Waals surface area contributed by atoms with Crippen molar-refractivity contribution in [2.45, 2.75) is 25.7 Å². The predicted molar refractivity (Wildman–Crippen MR) is 90.0 cm³/mol. The van der Waals surface area contributed by atoms with E-state index in [0.29, 0.717) is 31.0 Å². The van der Waals surface area contributed by atoms with Crippen LogP contribution in [0.4, 0.5) is 8.78 Å². The Hall–Kier alpha value is -2.58. The Morgan fingerprint density at radius 2 is 2.00 bits per heavy atom. The topological polar surface area (TPSA) is 59.1 Å². The maximum Gasteiger partial charge on any atom is 0.159 e. The molecule has 1 aromatic carbocycles. The molecule has 136 valence electrons. The highest BCUT2D eigenvalue weighted by Gasteiger charge is 2.23. The normalized spacial score (nSPS) is 15.8. The molecule has 0 aliphatic carbocycles. The molecule has 3 heterocycles. The summed E-state index contributed by atoms with van der Waals surface area (Å²) in [5.74, 6) is -1.66. The molecule has 1 atom stereocenters. The lowest BCUT2D eigenvalue weighted by molar-refractivity contribution is 0.196. The van der Waals surface area contributed by atoms with E-state index >= 15 is 0 Å². The second-order valence-corrected chi connectivity index (χ2v) is 6.53. The first kappa shape index (κ1) is 16.9. The monoisotopic (exact) mass is 359 g/mol. The summed E-state index contributed by atoms with van der Waals surface area (Å²) in [6, 6.07) is 7.63. The molecule has 0 saturated heterocycles. The van der Waals surface area contributed by atoms with Crippen LogP contribution in [0.5, 0.6) is 0 Å². The Kier molecular flexibility index (Phi) is 4.29. The molecule has 6 nitrogen and oxygen atoms in total. The zero-order valence-electron chi connectivity index (χ0n) is 14.3. The van der Waals surface area contributed by atoms with Gasteiger partial charge in [-0.05, 0) is 29.8 Å². The van der Waals surface area contributed by atoms with Crippen molar-refractivity contribution in [3.05, 3.63) is 70.8 Å². The molecule has 8 heteroatoms. The van der Waals surface area contributed by atoms with Crippen LogP contribution >= 0.6 is 0 Å². The van der Waals surface area contributed by atoms with E-state index in [1.807, 2.05) is 10.7 Å². The molecule has 0 radical (unpaired) electrons. The van der Waals surface area contributed by atoms with Gasteiger partial charge in [-0.25, -0.2) is 8.78 Å². The fourth-order valence-corrected chi connectivity index (χ4v) is 3.31. The van der Waals surface area contributed by atoms with Crippen molar-refractivity contribution in [3.63, 3.8) is 0 Å². The van der Waals surface area contributed by atoms with Gasteiger partial charge in [-0.2, -0.15) is 10.2 Å². The molecule has 0 saturated carbocycles. The van der Waals surface area contributed by atoms with Gasteiger partial charge < -0.3 is 5.11 Å². The highest BCUT2D eigenvalue weighted by molar-refractivity contribution is 5.22. The largest absolute Gasteiger partial charge is 0.380 e. The second kappa shape index (κ2) is 6.62. The first-order chi connectivity index (χ1) is 12.5. The Morgan fingerprint density at radius 3 is 2.73 bits per heavy atom. The van der Waals surface area contributed by atoms with Crippen molar-refractivity contribution in [3.8, 4) is 0 Å². The minimum atomic E-state index is -0.834. The Bertz CT molecular complexity index is 936. The van der Waals surface area contributed by atoms with Crippen LogP contribution in [-0.2, 0) is 26.7 Å². The van der Waals surface area contributed by atoms with E-state index in [0.717, 1.165) is 23.9 Å². The number of aliphatic hydroxyl groups excluding tert-OH is 1. The molecule has 0 fully saturated rings. The van der Waals surface area contributed by atoms with Crippen molar-refractivity contribution < 1.29 is 13.9 Å². The van der Waals surface area contributed by atoms with Crippen LogP contribution in [0.15, 0.2) is 36.5 Å². The van der Waals surface area contributed by atoms with Crippen molar-refractivity contribution in [2.24, 2.45) is 7.05 Å². The number of rotatable bonds is 4. The zero-order valence-corrected chi connectivity index (χ0v) is 14.3. The first-order valence-electron chi connectivity index (χ1n) is 8.40. The van der Waals surface area contributed by atoms with E-state index in [2.05, 4.69) is 15.1 Å². The summed E-state index contributed by atoms with van der Waals surface area (Å²) < 4.78 is 30.0. The lowest BCUT2D eigenvalue weighted by Crippen LogP contribution is -2.33. The number of nitrogens with zero attached hydrogens (tertiary/aromatic N) is 5. The summed E-state index contributed by atoms with van der Waals surface area (Å²) in [6.45, 7) is 2.58. The number of fused-ring (bicyclic) bond motifs is 1. The number of hydrogen-bond donors (Lipinski definition) is 1. The molecular weight excluding hydrogens is 340 g/mol. The number of aryl methyl sites for hydroxylation is 1. The standard InChI is InChI=1S/C18H19F2N5O/c1-23-17(4-5-21-23)18(26)16-9-13-11-24(6-7-25(13)22-16)10-12-2-3-14(19)15(20)8-12/h2-5,8-9,18,26H,6-7,10-11H2,1H3/t18-/m0/s1. The highest BCUT2D eigenvalue weighted by Crippen LogP contribution is 2.24. The Labute approximate surface area is 149 Å². The minimum absolute atomic E-state index is 0.530. The highest BCUT2D eigenvalue weighted by atomic mass is 19.2. The molecular formula is C18H19F2N5O. The van der Waals surface area contributed by atoms with Gasteiger partial charge in [0.2, 0.25) is 0 Å². The summed E-state index contributed by atoms with van der Waals surface area (Å²) >= 11 is 0. The molecule has 0 amide bonds. The number of benzene rings is 1. The van der Waals surface area contributed by atoms with Crippen LogP contribution in [0.3, 0.4) is 0 Å². The maximum absolute atomic E-state index is 13.4. The van der Waals surface area contributed by atoms with E-state index in [9.17, 15) is 13.9 Å². The van der Waals surface area contributed by atoms with Gasteiger partial charge in [-0.3, -0.25) is 14.3 Å². The van der Waals surface area contributed by atoms with Gasteiger partial charge in [0.15, 0.2) is 11.6 Å². The van der Waals surface area contributed by atoms with Crippen molar-refractivity contribution in [2.75, 3.05) is 6.54 Å². The molecule has 0 bridgehead atoms. The molecule has 4 rings (SSSR count). The van der Waals surface area contributed by atoms with Gasteiger partial charge in [-0.1, -0.05) is 6.07 Å². The lowest BCUT2D eigenvalue weighted by atomic mass is 10.1. The lowest BCUT2D eigenvalue weighted by Gasteiger charge is -2.27. The first-order valence-corrected chi connectivity index (χ1v) is 8.40. The fourth-order valence-electron chi connectivity index (χ4n) is 3.31. The number of aromatic nitrogens is 4. The summed E-state index contributed by atoms with van der Waals surface area (Å²) in [5.41, 5.74) is 2.97. The number of aliphatic hydroxyl groups is 1. The van der Waals surface area contributed by atoms with Crippen molar-refractivity contribution in [1.82, 2.24) is 24.5 Å². The maximum atomic E-state index is 13.4. The predicted octanol–water partition coefficient (Wildman–Crippen LogP) is 1.99. The second-order valence-electron chi connectivity index (χ2n) is 6.53. The summed E-state index contributed by atoms with van der Waals surface area (Å²) in [7, 11) is 1.78. The van der Waals surface area contributed by atoms with Gasteiger partial charge in [0.25, 0.3) is 0 Å². The average Bonchev–Trinajstić information content (AvgIpc) is 3.23. The van der Waals surface area contributed by atoms with E-state index in [4.69, 9.17) is 0 Å². The molecule has 2 aromatic heterocycles. The van der Waals surface area contributed by atoms with Gasteiger partial charge in [0.1, 0.15) is 6.10 Å². The van der Waals surface area contributed by atoms with Gasteiger partial charge in [-0.15, -0.1) is 0 Å². The molecule has 0 unspecified atom stereocenters. The third-order valence-electron chi connectivity index (χ3n) is 4.71. The number of hydrogen-bond acceptors (Lipinski definition) is 4. The quantitative estimate of drug-likeness (QED) is 0.774. The van der Waals surface area contributed by atoms with Gasteiger partial charge in [0.05, 0.1) is 23.6 Å². The van der Waals surface area contributed by atoms with Crippen LogP contribution in [0.25, 0.3) is 0 Å². The Balaban J connectivity index is 1.49. The van der Waals surface area contributed by atoms with Crippen molar-refractivity contribution in [1.29, 1.82) is 0 Å². The SMILES string of the molecule is Cn1nccc1[C@@H](O)c1cc2n(n1)CCN(Cc1ccc(F)c(F)c1)C2. The third-order valence-corrected chi connectivity index (χ3v) is 4.71. The zero-order chi connectivity index (χ0) is 18.3. The molecule has 1 N–H and O–H groups in total. The third kappa shape index (κ3) is 3.13. The molecule has 0 spiro atoms. The molecule has 3 aromatic rings. The van der Waals surface area contributed by atoms with Crippen LogP contribution in [-0.4, -0.2) is 36.1 Å². The summed E-state index contributed by atoms with van der Waals surface area (Å²) in [6.07, 6.45) is 0.804.